The van der Waals surface area contributed by atoms with Crippen LogP contribution in [0.1, 0.15) is 46.5 Å². The fraction of sp³-hybridized carbons (Fsp3) is 0.933. The van der Waals surface area contributed by atoms with Crippen LogP contribution in [0.25, 0.3) is 0 Å². The second-order valence-corrected chi connectivity index (χ2v) is 9.25. The summed E-state index contributed by atoms with van der Waals surface area (Å²) in [5.41, 5.74) is 0. The predicted molar refractivity (Wildman–Crippen MR) is 83.5 cm³/mol. The van der Waals surface area contributed by atoms with E-state index in [1.807, 2.05) is 25.7 Å². The molecule has 0 radical (unpaired) electrons. The average molecular weight is 316 g/mol. The van der Waals surface area contributed by atoms with E-state index in [0.717, 1.165) is 12.8 Å². The van der Waals surface area contributed by atoms with Crippen LogP contribution >= 0.6 is 0 Å². The zero-order valence-corrected chi connectivity index (χ0v) is 14.3. The Bertz CT molecular complexity index is 483. The van der Waals surface area contributed by atoms with Gasteiger partial charge >= 0.3 is 0 Å². The molecule has 2 rings (SSSR count). The molecule has 1 saturated carbocycles. The van der Waals surface area contributed by atoms with E-state index in [1.165, 1.54) is 19.1 Å². The first-order valence-corrected chi connectivity index (χ1v) is 10.0. The minimum absolute atomic E-state index is 0.00384. The van der Waals surface area contributed by atoms with Gasteiger partial charge < -0.3 is 4.90 Å². The highest BCUT2D eigenvalue weighted by atomic mass is 32.2. The Morgan fingerprint density at radius 2 is 1.81 bits per heavy atom. The predicted octanol–water partition coefficient (Wildman–Crippen LogP) is 1.39. The van der Waals surface area contributed by atoms with Crippen molar-refractivity contribution in [1.29, 1.82) is 0 Å². The molecule has 0 aromatic carbocycles. The minimum Gasteiger partial charge on any atom is -0.322 e. The maximum Gasteiger partial charge on any atom is 0.241 e. The van der Waals surface area contributed by atoms with E-state index in [-0.39, 0.29) is 35.8 Å². The van der Waals surface area contributed by atoms with Gasteiger partial charge in [-0.3, -0.25) is 10.1 Å². The molecule has 2 fully saturated rings. The molecule has 1 N–H and O–H groups in total. The van der Waals surface area contributed by atoms with E-state index >= 15 is 0 Å². The normalized spacial score (nSPS) is 29.6. The molecule has 0 spiro atoms. The van der Waals surface area contributed by atoms with Gasteiger partial charge in [0.2, 0.25) is 5.91 Å². The largest absolute Gasteiger partial charge is 0.322 e. The fourth-order valence-corrected chi connectivity index (χ4v) is 4.79. The number of amides is 1. The third-order valence-corrected chi connectivity index (χ3v) is 5.79. The van der Waals surface area contributed by atoms with Crippen LogP contribution in [-0.2, 0) is 14.6 Å². The lowest BCUT2D eigenvalue weighted by Gasteiger charge is -2.33. The van der Waals surface area contributed by atoms with Gasteiger partial charge in [0.05, 0.1) is 18.0 Å². The van der Waals surface area contributed by atoms with Gasteiger partial charge in [-0.25, -0.2) is 8.42 Å². The smallest absolute Gasteiger partial charge is 0.241 e. The van der Waals surface area contributed by atoms with Gasteiger partial charge in [0, 0.05) is 12.3 Å². The van der Waals surface area contributed by atoms with Crippen LogP contribution < -0.4 is 5.32 Å². The lowest BCUT2D eigenvalue weighted by Crippen LogP contribution is -2.49. The van der Waals surface area contributed by atoms with Gasteiger partial charge in [0.15, 0.2) is 0 Å². The Morgan fingerprint density at radius 1 is 1.24 bits per heavy atom. The lowest BCUT2D eigenvalue weighted by molar-refractivity contribution is -0.132. The Labute approximate surface area is 128 Å². The maximum atomic E-state index is 12.7. The molecule has 0 aromatic heterocycles. The van der Waals surface area contributed by atoms with Crippen molar-refractivity contribution in [3.63, 3.8) is 0 Å². The highest BCUT2D eigenvalue weighted by Crippen LogP contribution is 2.34. The van der Waals surface area contributed by atoms with Gasteiger partial charge in [-0.2, -0.15) is 0 Å². The molecule has 1 aliphatic carbocycles. The number of nitrogens with zero attached hydrogens (tertiary/aromatic N) is 1. The summed E-state index contributed by atoms with van der Waals surface area (Å²) < 4.78 is 23.2. The van der Waals surface area contributed by atoms with E-state index in [9.17, 15) is 13.2 Å². The molecule has 3 unspecified atom stereocenters. The molecule has 1 saturated heterocycles. The molecular formula is C15H28N2O3S. The molecule has 1 aliphatic heterocycles. The summed E-state index contributed by atoms with van der Waals surface area (Å²) in [7, 11) is -3.09. The van der Waals surface area contributed by atoms with Crippen molar-refractivity contribution in [3.05, 3.63) is 0 Å². The third kappa shape index (κ3) is 3.77. The van der Waals surface area contributed by atoms with Crippen LogP contribution in [0.3, 0.4) is 0 Å². The second-order valence-electron chi connectivity index (χ2n) is 7.06. The Hall–Kier alpha value is -0.620. The van der Waals surface area contributed by atoms with Crippen LogP contribution in [0.15, 0.2) is 0 Å². The van der Waals surface area contributed by atoms with Crippen LogP contribution in [-0.4, -0.2) is 49.5 Å². The molecule has 1 amide bonds. The molecule has 5 nitrogen and oxygen atoms in total. The topological polar surface area (TPSA) is 66.5 Å². The summed E-state index contributed by atoms with van der Waals surface area (Å²) in [6.07, 6.45) is 5.90. The van der Waals surface area contributed by atoms with Crippen molar-refractivity contribution in [2.24, 2.45) is 11.8 Å². The summed E-state index contributed by atoms with van der Waals surface area (Å²) in [4.78, 5) is 14.5. The van der Waals surface area contributed by atoms with Crippen molar-refractivity contribution >= 4 is 15.7 Å². The van der Waals surface area contributed by atoms with Gasteiger partial charge in [0.25, 0.3) is 0 Å². The standard InChI is InChI=1S/C15H28N2O3S/c1-10(2)13-15(18)17(11(3)9-21(4,19)20)14(16-13)12-7-5-6-8-12/h10-14,16H,5-9H2,1-4H3. The van der Waals surface area contributed by atoms with E-state index in [4.69, 9.17) is 0 Å². The molecule has 3 atom stereocenters. The van der Waals surface area contributed by atoms with E-state index in [1.54, 1.807) is 0 Å². The van der Waals surface area contributed by atoms with E-state index in [0.29, 0.717) is 5.92 Å². The van der Waals surface area contributed by atoms with Gasteiger partial charge in [0.1, 0.15) is 9.84 Å². The zero-order chi connectivity index (χ0) is 15.8. The summed E-state index contributed by atoms with van der Waals surface area (Å²) in [5, 5.41) is 3.48. The zero-order valence-electron chi connectivity index (χ0n) is 13.5. The summed E-state index contributed by atoms with van der Waals surface area (Å²) in [6.45, 7) is 5.92. The van der Waals surface area contributed by atoms with Gasteiger partial charge in [-0.1, -0.05) is 26.7 Å². The highest BCUT2D eigenvalue weighted by molar-refractivity contribution is 7.90. The first-order valence-electron chi connectivity index (χ1n) is 7.96. The summed E-state index contributed by atoms with van der Waals surface area (Å²) in [5.74, 6) is 0.781. The first kappa shape index (κ1) is 16.7. The molecule has 21 heavy (non-hydrogen) atoms. The van der Waals surface area contributed by atoms with E-state index in [2.05, 4.69) is 5.32 Å². The minimum atomic E-state index is -3.09. The second kappa shape index (κ2) is 6.24. The fourth-order valence-electron chi connectivity index (χ4n) is 3.76. The Morgan fingerprint density at radius 3 is 2.29 bits per heavy atom. The molecule has 6 heteroatoms. The highest BCUT2D eigenvalue weighted by Gasteiger charge is 2.46. The lowest BCUT2D eigenvalue weighted by atomic mass is 10.0. The van der Waals surface area contributed by atoms with Gasteiger partial charge in [-0.05, 0) is 31.6 Å². The monoisotopic (exact) mass is 316 g/mol. The maximum absolute atomic E-state index is 12.7. The quantitative estimate of drug-likeness (QED) is 0.832. The van der Waals surface area contributed by atoms with Crippen LogP contribution in [0, 0.1) is 11.8 Å². The van der Waals surface area contributed by atoms with Crippen molar-refractivity contribution < 1.29 is 13.2 Å². The number of sulfone groups is 1. The van der Waals surface area contributed by atoms with Gasteiger partial charge in [-0.15, -0.1) is 0 Å². The molecule has 122 valence electrons. The molecular weight excluding hydrogens is 288 g/mol. The number of carbonyl (C=O) groups is 1. The van der Waals surface area contributed by atoms with Crippen molar-refractivity contribution in [2.45, 2.75) is 64.7 Å². The number of hydrogen-bond acceptors (Lipinski definition) is 4. The van der Waals surface area contributed by atoms with Crippen LogP contribution in [0.5, 0.6) is 0 Å². The number of rotatable bonds is 5. The number of carbonyl (C=O) groups excluding carboxylic acids is 1. The van der Waals surface area contributed by atoms with Crippen molar-refractivity contribution in [3.8, 4) is 0 Å². The number of hydrogen-bond donors (Lipinski definition) is 1. The third-order valence-electron chi connectivity index (χ3n) is 4.70. The van der Waals surface area contributed by atoms with Crippen molar-refractivity contribution in [2.75, 3.05) is 12.0 Å². The van der Waals surface area contributed by atoms with E-state index < -0.39 is 9.84 Å². The molecule has 1 heterocycles. The van der Waals surface area contributed by atoms with Crippen LogP contribution in [0.4, 0.5) is 0 Å². The average Bonchev–Trinajstić information content (AvgIpc) is 2.92. The van der Waals surface area contributed by atoms with Crippen LogP contribution in [0.2, 0.25) is 0 Å². The molecule has 2 aliphatic rings. The van der Waals surface area contributed by atoms with Crippen molar-refractivity contribution in [1.82, 2.24) is 10.2 Å². The Balaban J connectivity index is 2.21. The molecule has 0 bridgehead atoms. The number of nitrogens with one attached hydrogen (secondary N) is 1. The Kier molecular flexibility index (Phi) is 4.98. The first-order chi connectivity index (χ1) is 9.70. The summed E-state index contributed by atoms with van der Waals surface area (Å²) >= 11 is 0. The summed E-state index contributed by atoms with van der Waals surface area (Å²) in [6, 6.07) is -0.452. The molecule has 0 aromatic rings. The SMILES string of the molecule is CC(C)C1NC(C2CCCC2)N(C(C)CS(C)(=O)=O)C1=O.